The minimum atomic E-state index is -0.756. The van der Waals surface area contributed by atoms with Gasteiger partial charge in [0.15, 0.2) is 0 Å². The highest BCUT2D eigenvalue weighted by Crippen LogP contribution is 2.23. The molecule has 2 heterocycles. The minimum Gasteiger partial charge on any atom is -0.481 e. The Labute approximate surface area is 119 Å². The number of hydrogen-bond donors (Lipinski definition) is 1. The van der Waals surface area contributed by atoms with E-state index in [1.165, 1.54) is 0 Å². The molecule has 0 aromatic rings. The van der Waals surface area contributed by atoms with Crippen molar-refractivity contribution in [2.45, 2.75) is 38.6 Å². The molecule has 0 bridgehead atoms. The second-order valence-corrected chi connectivity index (χ2v) is 5.65. The Morgan fingerprint density at radius 2 is 2.15 bits per heavy atom. The molecule has 1 N–H and O–H groups in total. The molecule has 20 heavy (non-hydrogen) atoms. The number of carboxylic acids is 1. The van der Waals surface area contributed by atoms with Crippen molar-refractivity contribution in [1.29, 1.82) is 0 Å². The normalized spacial score (nSPS) is 26.9. The molecule has 0 aliphatic carbocycles. The van der Waals surface area contributed by atoms with Gasteiger partial charge in [0.05, 0.1) is 19.3 Å². The van der Waals surface area contributed by atoms with E-state index in [1.807, 2.05) is 9.80 Å². The molecule has 2 fully saturated rings. The zero-order chi connectivity index (χ0) is 14.5. The van der Waals surface area contributed by atoms with Crippen molar-refractivity contribution in [3.8, 4) is 0 Å². The predicted octanol–water partition coefficient (Wildman–Crippen LogP) is 1.40. The van der Waals surface area contributed by atoms with Gasteiger partial charge in [-0.1, -0.05) is 6.92 Å². The summed E-state index contributed by atoms with van der Waals surface area (Å²) in [4.78, 5) is 26.9. The molecule has 0 aromatic heterocycles. The lowest BCUT2D eigenvalue weighted by Gasteiger charge is -2.37. The number of carboxylic acid groups (broad SMARTS) is 1. The maximum atomic E-state index is 12.5. The Morgan fingerprint density at radius 3 is 2.85 bits per heavy atom. The molecule has 2 aliphatic heterocycles. The summed E-state index contributed by atoms with van der Waals surface area (Å²) in [6.07, 6.45) is 2.68. The fraction of sp³-hybridized carbons (Fsp3) is 0.857. The van der Waals surface area contributed by atoms with Crippen LogP contribution in [0.4, 0.5) is 4.79 Å². The maximum Gasteiger partial charge on any atom is 0.320 e. The molecule has 2 unspecified atom stereocenters. The number of urea groups is 1. The van der Waals surface area contributed by atoms with E-state index >= 15 is 0 Å². The highest BCUT2D eigenvalue weighted by Gasteiger charge is 2.33. The third-order valence-corrected chi connectivity index (χ3v) is 4.27. The van der Waals surface area contributed by atoms with E-state index in [9.17, 15) is 9.59 Å². The van der Waals surface area contributed by atoms with Crippen LogP contribution in [0.1, 0.15) is 32.6 Å². The first-order valence-electron chi connectivity index (χ1n) is 7.47. The number of rotatable bonds is 4. The Morgan fingerprint density at radius 1 is 1.35 bits per heavy atom. The molecule has 2 aliphatic rings. The third kappa shape index (κ3) is 3.62. The third-order valence-electron chi connectivity index (χ3n) is 4.27. The highest BCUT2D eigenvalue weighted by atomic mass is 16.5. The van der Waals surface area contributed by atoms with Crippen LogP contribution in [0.15, 0.2) is 0 Å². The van der Waals surface area contributed by atoms with Gasteiger partial charge in [-0.05, 0) is 25.2 Å². The fourth-order valence-corrected chi connectivity index (χ4v) is 3.00. The van der Waals surface area contributed by atoms with E-state index in [-0.39, 0.29) is 18.5 Å². The van der Waals surface area contributed by atoms with Crippen molar-refractivity contribution < 1.29 is 19.4 Å². The van der Waals surface area contributed by atoms with Gasteiger partial charge in [-0.25, -0.2) is 4.79 Å². The average Bonchev–Trinajstić information content (AvgIpc) is 2.93. The molecule has 0 saturated carbocycles. The van der Waals surface area contributed by atoms with E-state index in [0.29, 0.717) is 38.6 Å². The SMILES string of the molecule is CCC1COCCN1C(=O)N1CCC(CCC(=O)O)C1. The van der Waals surface area contributed by atoms with Gasteiger partial charge in [-0.15, -0.1) is 0 Å². The van der Waals surface area contributed by atoms with Crippen LogP contribution in [0.2, 0.25) is 0 Å². The summed E-state index contributed by atoms with van der Waals surface area (Å²) in [7, 11) is 0. The summed E-state index contributed by atoms with van der Waals surface area (Å²) in [5.41, 5.74) is 0. The van der Waals surface area contributed by atoms with Crippen molar-refractivity contribution in [3.63, 3.8) is 0 Å². The first kappa shape index (κ1) is 15.1. The van der Waals surface area contributed by atoms with Gasteiger partial charge >= 0.3 is 12.0 Å². The summed E-state index contributed by atoms with van der Waals surface area (Å²) in [5.74, 6) is -0.426. The number of carbonyl (C=O) groups excluding carboxylic acids is 1. The number of ether oxygens (including phenoxy) is 1. The van der Waals surface area contributed by atoms with E-state index in [4.69, 9.17) is 9.84 Å². The van der Waals surface area contributed by atoms with Gasteiger partial charge in [-0.2, -0.15) is 0 Å². The Bertz CT molecular complexity index is 361. The topological polar surface area (TPSA) is 70.1 Å². The molecule has 2 rings (SSSR count). The molecule has 2 amide bonds. The number of likely N-dealkylation sites (tertiary alicyclic amines) is 1. The fourth-order valence-electron chi connectivity index (χ4n) is 3.00. The lowest BCUT2D eigenvalue weighted by atomic mass is 10.0. The van der Waals surface area contributed by atoms with Crippen LogP contribution in [0, 0.1) is 5.92 Å². The second-order valence-electron chi connectivity index (χ2n) is 5.65. The van der Waals surface area contributed by atoms with Crippen LogP contribution >= 0.6 is 0 Å². The van der Waals surface area contributed by atoms with Gasteiger partial charge in [0.2, 0.25) is 0 Å². The smallest absolute Gasteiger partial charge is 0.320 e. The van der Waals surface area contributed by atoms with Crippen LogP contribution in [-0.4, -0.2) is 65.8 Å². The largest absolute Gasteiger partial charge is 0.481 e. The molecule has 6 nitrogen and oxygen atoms in total. The Kier molecular flexibility index (Phi) is 5.23. The van der Waals surface area contributed by atoms with Crippen LogP contribution in [-0.2, 0) is 9.53 Å². The summed E-state index contributed by atoms with van der Waals surface area (Å²) < 4.78 is 5.42. The monoisotopic (exact) mass is 284 g/mol. The van der Waals surface area contributed by atoms with Crippen LogP contribution in [0.25, 0.3) is 0 Å². The zero-order valence-electron chi connectivity index (χ0n) is 12.1. The molecule has 2 atom stereocenters. The number of hydrogen-bond acceptors (Lipinski definition) is 3. The van der Waals surface area contributed by atoms with E-state index < -0.39 is 5.97 Å². The highest BCUT2D eigenvalue weighted by molar-refractivity contribution is 5.75. The van der Waals surface area contributed by atoms with E-state index in [1.54, 1.807) is 0 Å². The zero-order valence-corrected chi connectivity index (χ0v) is 12.1. The summed E-state index contributed by atoms with van der Waals surface area (Å²) in [5, 5.41) is 8.72. The van der Waals surface area contributed by atoms with Crippen LogP contribution in [0.5, 0.6) is 0 Å². The average molecular weight is 284 g/mol. The van der Waals surface area contributed by atoms with Crippen molar-refractivity contribution in [2.75, 3.05) is 32.8 Å². The molecule has 6 heteroatoms. The van der Waals surface area contributed by atoms with Gasteiger partial charge in [0.25, 0.3) is 0 Å². The molecule has 0 aromatic carbocycles. The number of nitrogens with zero attached hydrogens (tertiary/aromatic N) is 2. The molecule has 0 spiro atoms. The summed E-state index contributed by atoms with van der Waals surface area (Å²) in [6.45, 7) is 5.40. The molecule has 0 radical (unpaired) electrons. The molecule has 114 valence electrons. The van der Waals surface area contributed by atoms with E-state index in [2.05, 4.69) is 6.92 Å². The van der Waals surface area contributed by atoms with Crippen molar-refractivity contribution >= 4 is 12.0 Å². The van der Waals surface area contributed by atoms with Crippen molar-refractivity contribution in [3.05, 3.63) is 0 Å². The summed E-state index contributed by atoms with van der Waals surface area (Å²) in [6, 6.07) is 0.271. The summed E-state index contributed by atoms with van der Waals surface area (Å²) >= 11 is 0. The van der Waals surface area contributed by atoms with Crippen molar-refractivity contribution in [2.24, 2.45) is 5.92 Å². The van der Waals surface area contributed by atoms with Gasteiger partial charge in [-0.3, -0.25) is 4.79 Å². The number of morpholine rings is 1. The first-order valence-corrected chi connectivity index (χ1v) is 7.47. The first-order chi connectivity index (χ1) is 9.61. The number of aliphatic carboxylic acids is 1. The Hall–Kier alpha value is -1.30. The quantitative estimate of drug-likeness (QED) is 0.847. The minimum absolute atomic E-state index is 0.0953. The van der Waals surface area contributed by atoms with Gasteiger partial charge < -0.3 is 19.6 Å². The van der Waals surface area contributed by atoms with Crippen LogP contribution in [0.3, 0.4) is 0 Å². The number of carbonyl (C=O) groups is 2. The number of amides is 2. The van der Waals surface area contributed by atoms with E-state index in [0.717, 1.165) is 19.4 Å². The molecule has 2 saturated heterocycles. The Balaban J connectivity index is 1.85. The lowest BCUT2D eigenvalue weighted by Crippen LogP contribution is -2.53. The predicted molar refractivity (Wildman–Crippen MR) is 73.5 cm³/mol. The van der Waals surface area contributed by atoms with Crippen LogP contribution < -0.4 is 0 Å². The molecular weight excluding hydrogens is 260 g/mol. The molecular formula is C14H24N2O4. The second kappa shape index (κ2) is 6.92. The maximum absolute atomic E-state index is 12.5. The lowest BCUT2D eigenvalue weighted by molar-refractivity contribution is -0.137. The van der Waals surface area contributed by atoms with Gasteiger partial charge in [0.1, 0.15) is 0 Å². The van der Waals surface area contributed by atoms with Gasteiger partial charge in [0, 0.05) is 26.1 Å². The standard InChI is InChI=1S/C14H24N2O4/c1-2-12-10-20-8-7-16(12)14(19)15-6-5-11(9-15)3-4-13(17)18/h11-12H,2-10H2,1H3,(H,17,18). The van der Waals surface area contributed by atoms with Crippen molar-refractivity contribution in [1.82, 2.24) is 9.80 Å².